The second kappa shape index (κ2) is 6.13. The number of thiophene rings is 1. The van der Waals surface area contributed by atoms with Gasteiger partial charge in [0.1, 0.15) is 10.6 Å². The van der Waals surface area contributed by atoms with Gasteiger partial charge in [0.2, 0.25) is 5.95 Å². The summed E-state index contributed by atoms with van der Waals surface area (Å²) in [6.45, 7) is 6.98. The normalized spacial score (nSPS) is 19.2. The van der Waals surface area contributed by atoms with Gasteiger partial charge in [-0.05, 0) is 19.9 Å². The van der Waals surface area contributed by atoms with E-state index < -0.39 is 0 Å². The summed E-state index contributed by atoms with van der Waals surface area (Å²) < 4.78 is 5.53. The van der Waals surface area contributed by atoms with Crippen LogP contribution in [0.25, 0.3) is 10.2 Å². The van der Waals surface area contributed by atoms with Crippen LogP contribution in [0.15, 0.2) is 6.07 Å². The Morgan fingerprint density at radius 1 is 1.52 bits per heavy atom. The van der Waals surface area contributed by atoms with E-state index in [1.54, 1.807) is 11.3 Å². The van der Waals surface area contributed by atoms with E-state index in [1.807, 2.05) is 6.92 Å². The Hall–Kier alpha value is -1.44. The van der Waals surface area contributed by atoms with Crippen LogP contribution in [0.3, 0.4) is 0 Å². The van der Waals surface area contributed by atoms with Crippen molar-refractivity contribution in [2.24, 2.45) is 0 Å². The average Bonchev–Trinajstić information content (AvgIpc) is 2.87. The van der Waals surface area contributed by atoms with Crippen LogP contribution in [0, 0.1) is 6.92 Å². The molecule has 2 N–H and O–H groups in total. The molecule has 0 bridgehead atoms. The van der Waals surface area contributed by atoms with Gasteiger partial charge in [0.05, 0.1) is 24.7 Å². The topological polar surface area (TPSA) is 70.5 Å². The van der Waals surface area contributed by atoms with E-state index in [-0.39, 0.29) is 12.7 Å². The lowest BCUT2D eigenvalue weighted by molar-refractivity contribution is 0.00344. The fourth-order valence-electron chi connectivity index (χ4n) is 2.53. The van der Waals surface area contributed by atoms with Crippen LogP contribution in [0.5, 0.6) is 0 Å². The minimum absolute atomic E-state index is 0.0352. The number of hydrogen-bond donors (Lipinski definition) is 2. The molecule has 0 saturated carbocycles. The van der Waals surface area contributed by atoms with Gasteiger partial charge in [-0.2, -0.15) is 4.98 Å². The van der Waals surface area contributed by atoms with Crippen LogP contribution in [-0.2, 0) is 4.74 Å². The quantitative estimate of drug-likeness (QED) is 0.894. The number of aryl methyl sites for hydroxylation is 1. The van der Waals surface area contributed by atoms with Gasteiger partial charge in [-0.25, -0.2) is 4.98 Å². The molecule has 1 aliphatic heterocycles. The molecule has 1 fully saturated rings. The van der Waals surface area contributed by atoms with Crippen LogP contribution >= 0.6 is 11.3 Å². The maximum Gasteiger partial charge on any atom is 0.226 e. The third-order valence-electron chi connectivity index (χ3n) is 3.47. The monoisotopic (exact) mass is 308 g/mol. The summed E-state index contributed by atoms with van der Waals surface area (Å²) in [5.74, 6) is 1.59. The molecule has 0 amide bonds. The third-order valence-corrected chi connectivity index (χ3v) is 4.42. The van der Waals surface area contributed by atoms with Crippen LogP contribution < -0.4 is 10.2 Å². The van der Waals surface area contributed by atoms with Gasteiger partial charge in [-0.3, -0.25) is 0 Å². The zero-order valence-corrected chi connectivity index (χ0v) is 13.1. The molecule has 6 nitrogen and oxygen atoms in total. The van der Waals surface area contributed by atoms with E-state index >= 15 is 0 Å². The summed E-state index contributed by atoms with van der Waals surface area (Å²) in [7, 11) is 0. The fourth-order valence-corrected chi connectivity index (χ4v) is 3.40. The number of nitrogens with one attached hydrogen (secondary N) is 1. The zero-order valence-electron chi connectivity index (χ0n) is 12.3. The van der Waals surface area contributed by atoms with Crippen molar-refractivity contribution in [2.45, 2.75) is 20.0 Å². The first-order valence-electron chi connectivity index (χ1n) is 7.20. The number of hydrogen-bond acceptors (Lipinski definition) is 7. The predicted octanol–water partition coefficient (Wildman–Crippen LogP) is 1.63. The number of aliphatic hydroxyl groups is 1. The van der Waals surface area contributed by atoms with Gasteiger partial charge >= 0.3 is 0 Å². The van der Waals surface area contributed by atoms with Gasteiger partial charge in [-0.1, -0.05) is 0 Å². The lowest BCUT2D eigenvalue weighted by Crippen LogP contribution is -2.44. The molecule has 21 heavy (non-hydrogen) atoms. The summed E-state index contributed by atoms with van der Waals surface area (Å²) in [6.07, 6.45) is -0.147. The molecule has 1 atom stereocenters. The minimum Gasteiger partial charge on any atom is -0.394 e. The van der Waals surface area contributed by atoms with Crippen molar-refractivity contribution in [1.29, 1.82) is 0 Å². The summed E-state index contributed by atoms with van der Waals surface area (Å²) in [5, 5.41) is 13.6. The van der Waals surface area contributed by atoms with Crippen molar-refractivity contribution >= 4 is 33.3 Å². The number of aliphatic hydroxyl groups excluding tert-OH is 1. The van der Waals surface area contributed by atoms with Gasteiger partial charge in [-0.15, -0.1) is 11.3 Å². The van der Waals surface area contributed by atoms with Gasteiger partial charge in [0.25, 0.3) is 0 Å². The maximum atomic E-state index is 9.32. The highest BCUT2D eigenvalue weighted by Gasteiger charge is 2.23. The molecule has 2 aromatic heterocycles. The smallest absolute Gasteiger partial charge is 0.226 e. The fraction of sp³-hybridized carbons (Fsp3) is 0.571. The number of aromatic nitrogens is 2. The van der Waals surface area contributed by atoms with Crippen molar-refractivity contribution in [3.63, 3.8) is 0 Å². The number of ether oxygens (including phenoxy) is 1. The Morgan fingerprint density at radius 2 is 2.38 bits per heavy atom. The standard InChI is InChI=1S/C14H20N4O2S/c1-3-15-14-16-12(11-6-9(2)21-13(11)17-14)18-4-5-20-10(7-18)8-19/h6,10,19H,3-5,7-8H2,1-2H3,(H,15,16,17). The minimum atomic E-state index is -0.147. The predicted molar refractivity (Wildman–Crippen MR) is 85.4 cm³/mol. The molecule has 3 rings (SSSR count). The van der Waals surface area contributed by atoms with Crippen LogP contribution in [0.2, 0.25) is 0 Å². The first-order chi connectivity index (χ1) is 10.2. The summed E-state index contributed by atoms with van der Waals surface area (Å²) >= 11 is 1.68. The Morgan fingerprint density at radius 3 is 3.14 bits per heavy atom. The molecule has 0 spiro atoms. The van der Waals surface area contributed by atoms with Crippen LogP contribution in [0.1, 0.15) is 11.8 Å². The highest BCUT2D eigenvalue weighted by molar-refractivity contribution is 7.18. The van der Waals surface area contributed by atoms with E-state index in [2.05, 4.69) is 33.2 Å². The Labute approximate surface area is 127 Å². The highest BCUT2D eigenvalue weighted by Crippen LogP contribution is 2.32. The van der Waals surface area contributed by atoms with E-state index in [9.17, 15) is 5.11 Å². The molecule has 1 unspecified atom stereocenters. The van der Waals surface area contributed by atoms with E-state index in [4.69, 9.17) is 4.74 Å². The number of rotatable bonds is 4. The van der Waals surface area contributed by atoms with Gasteiger partial charge in [0.15, 0.2) is 0 Å². The Bertz CT molecular complexity index is 631. The average molecular weight is 308 g/mol. The molecule has 114 valence electrons. The first kappa shape index (κ1) is 14.5. The molecule has 2 aromatic rings. The number of morpholine rings is 1. The molecule has 0 aliphatic carbocycles. The van der Waals surface area contributed by atoms with Crippen molar-refractivity contribution in [2.75, 3.05) is 43.1 Å². The highest BCUT2D eigenvalue weighted by atomic mass is 32.1. The molecule has 0 aromatic carbocycles. The van der Waals surface area contributed by atoms with Crippen molar-refractivity contribution in [3.8, 4) is 0 Å². The molecular formula is C14H20N4O2S. The van der Waals surface area contributed by atoms with E-state index in [0.29, 0.717) is 19.1 Å². The van der Waals surface area contributed by atoms with Gasteiger partial charge < -0.3 is 20.1 Å². The van der Waals surface area contributed by atoms with E-state index in [1.165, 1.54) is 4.88 Å². The SMILES string of the molecule is CCNc1nc(N2CCOC(CO)C2)c2cc(C)sc2n1. The van der Waals surface area contributed by atoms with Crippen molar-refractivity contribution in [3.05, 3.63) is 10.9 Å². The zero-order chi connectivity index (χ0) is 14.8. The summed E-state index contributed by atoms with van der Waals surface area (Å²) in [5.41, 5.74) is 0. The maximum absolute atomic E-state index is 9.32. The molecule has 7 heteroatoms. The van der Waals surface area contributed by atoms with Crippen LogP contribution in [-0.4, -0.2) is 54.0 Å². The summed E-state index contributed by atoms with van der Waals surface area (Å²) in [4.78, 5) is 13.6. The molecular weight excluding hydrogens is 288 g/mol. The largest absolute Gasteiger partial charge is 0.394 e. The van der Waals surface area contributed by atoms with Gasteiger partial charge in [0, 0.05) is 24.5 Å². The number of anilines is 2. The number of fused-ring (bicyclic) bond motifs is 1. The Kier molecular flexibility index (Phi) is 4.23. The third kappa shape index (κ3) is 2.95. The lowest BCUT2D eigenvalue weighted by Gasteiger charge is -2.33. The first-order valence-corrected chi connectivity index (χ1v) is 8.02. The number of nitrogens with zero attached hydrogens (tertiary/aromatic N) is 3. The molecule has 3 heterocycles. The molecule has 1 aliphatic rings. The second-order valence-electron chi connectivity index (χ2n) is 5.10. The van der Waals surface area contributed by atoms with Crippen molar-refractivity contribution in [1.82, 2.24) is 9.97 Å². The summed E-state index contributed by atoms with van der Waals surface area (Å²) in [6, 6.07) is 2.13. The lowest BCUT2D eigenvalue weighted by atomic mass is 10.2. The van der Waals surface area contributed by atoms with E-state index in [0.717, 1.165) is 29.1 Å². The van der Waals surface area contributed by atoms with Crippen molar-refractivity contribution < 1.29 is 9.84 Å². The Balaban J connectivity index is 2.02. The molecule has 0 radical (unpaired) electrons. The van der Waals surface area contributed by atoms with Crippen LogP contribution in [0.4, 0.5) is 11.8 Å². The molecule has 1 saturated heterocycles. The second-order valence-corrected chi connectivity index (χ2v) is 6.33.